The first-order valence-corrected chi connectivity index (χ1v) is 5.87. The number of carbonyl (C=O) groups excluding carboxylic acids is 1. The number of carbonyl (C=O) groups is 1. The molecule has 1 aliphatic heterocycles. The number of nitrogens with one attached hydrogen (secondary N) is 1. The van der Waals surface area contributed by atoms with Crippen molar-refractivity contribution < 1.29 is 14.3 Å². The van der Waals surface area contributed by atoms with Crippen LogP contribution in [0.25, 0.3) is 0 Å². The van der Waals surface area contributed by atoms with Crippen LogP contribution in [-0.2, 0) is 14.3 Å². The molecule has 1 N–H and O–H groups in total. The lowest BCUT2D eigenvalue weighted by Gasteiger charge is -2.12. The minimum absolute atomic E-state index is 0.257. The molecule has 0 amide bonds. The third kappa shape index (κ3) is 3.85. The van der Waals surface area contributed by atoms with Gasteiger partial charge in [0.25, 0.3) is 0 Å². The first kappa shape index (κ1) is 13.0. The number of rotatable bonds is 4. The average Bonchev–Trinajstić information content (AvgIpc) is 2.58. The largest absolute Gasteiger partial charge is 0.497 e. The SMILES string of the molecule is CNCCC(C(=O)OC)=C1CCCCCO1. The summed E-state index contributed by atoms with van der Waals surface area (Å²) in [7, 11) is 3.28. The van der Waals surface area contributed by atoms with E-state index in [9.17, 15) is 4.79 Å². The number of hydrogen-bond donors (Lipinski definition) is 1. The van der Waals surface area contributed by atoms with Gasteiger partial charge in [-0.1, -0.05) is 0 Å². The highest BCUT2D eigenvalue weighted by Crippen LogP contribution is 2.22. The predicted octanol–water partition coefficient (Wildman–Crippen LogP) is 1.61. The van der Waals surface area contributed by atoms with E-state index >= 15 is 0 Å². The van der Waals surface area contributed by atoms with Crippen molar-refractivity contribution in [3.8, 4) is 0 Å². The van der Waals surface area contributed by atoms with Crippen molar-refractivity contribution in [2.75, 3.05) is 27.3 Å². The quantitative estimate of drug-likeness (QED) is 0.585. The molecular formula is C12H21NO3. The second-order valence-electron chi connectivity index (χ2n) is 3.91. The Bertz CT molecular complexity index is 251. The lowest BCUT2D eigenvalue weighted by atomic mass is 10.1. The third-order valence-corrected chi connectivity index (χ3v) is 2.72. The van der Waals surface area contributed by atoms with Gasteiger partial charge in [-0.3, -0.25) is 0 Å². The molecule has 1 heterocycles. The molecule has 0 aromatic rings. The van der Waals surface area contributed by atoms with Gasteiger partial charge in [0, 0.05) is 6.42 Å². The van der Waals surface area contributed by atoms with Crippen LogP contribution >= 0.6 is 0 Å². The fourth-order valence-electron chi connectivity index (χ4n) is 1.80. The summed E-state index contributed by atoms with van der Waals surface area (Å²) >= 11 is 0. The standard InChI is InChI=1S/C12H21NO3/c1-13-8-7-10(12(14)15-2)11-6-4-3-5-9-16-11/h13H,3-9H2,1-2H3. The first-order valence-electron chi connectivity index (χ1n) is 5.87. The smallest absolute Gasteiger partial charge is 0.337 e. The van der Waals surface area contributed by atoms with Gasteiger partial charge >= 0.3 is 5.97 Å². The minimum Gasteiger partial charge on any atom is -0.497 e. The maximum Gasteiger partial charge on any atom is 0.337 e. The van der Waals surface area contributed by atoms with E-state index < -0.39 is 0 Å². The number of hydrogen-bond acceptors (Lipinski definition) is 4. The van der Waals surface area contributed by atoms with Crippen LogP contribution < -0.4 is 5.32 Å². The Kier molecular flexibility index (Phi) is 5.93. The highest BCUT2D eigenvalue weighted by Gasteiger charge is 2.18. The Labute approximate surface area is 97.0 Å². The summed E-state index contributed by atoms with van der Waals surface area (Å²) in [5, 5.41) is 3.03. The van der Waals surface area contributed by atoms with Crippen LogP contribution in [0.2, 0.25) is 0 Å². The summed E-state index contributed by atoms with van der Waals surface area (Å²) in [5.74, 6) is 0.576. The minimum atomic E-state index is -0.257. The molecule has 0 aliphatic carbocycles. The van der Waals surface area contributed by atoms with Crippen molar-refractivity contribution in [2.24, 2.45) is 0 Å². The van der Waals surface area contributed by atoms with Gasteiger partial charge < -0.3 is 14.8 Å². The zero-order valence-electron chi connectivity index (χ0n) is 10.2. The fourth-order valence-corrected chi connectivity index (χ4v) is 1.80. The molecule has 1 fully saturated rings. The number of ether oxygens (including phenoxy) is 2. The Morgan fingerprint density at radius 2 is 2.25 bits per heavy atom. The molecule has 16 heavy (non-hydrogen) atoms. The normalized spacial score (nSPS) is 19.6. The molecule has 4 heteroatoms. The lowest BCUT2D eigenvalue weighted by molar-refractivity contribution is -0.136. The Morgan fingerprint density at radius 1 is 1.44 bits per heavy atom. The van der Waals surface area contributed by atoms with E-state index in [1.54, 1.807) is 0 Å². The van der Waals surface area contributed by atoms with Crippen molar-refractivity contribution in [3.63, 3.8) is 0 Å². The third-order valence-electron chi connectivity index (χ3n) is 2.72. The molecule has 1 aliphatic rings. The van der Waals surface area contributed by atoms with Gasteiger partial charge in [0.15, 0.2) is 0 Å². The van der Waals surface area contributed by atoms with E-state index in [1.807, 2.05) is 7.05 Å². The van der Waals surface area contributed by atoms with E-state index in [1.165, 1.54) is 13.5 Å². The van der Waals surface area contributed by atoms with Crippen LogP contribution in [0.4, 0.5) is 0 Å². The van der Waals surface area contributed by atoms with Crippen molar-refractivity contribution in [1.29, 1.82) is 0 Å². The summed E-state index contributed by atoms with van der Waals surface area (Å²) < 4.78 is 10.4. The number of esters is 1. The molecule has 0 saturated carbocycles. The molecule has 0 aromatic heterocycles. The number of methoxy groups -OCH3 is 1. The van der Waals surface area contributed by atoms with Crippen LogP contribution in [0.15, 0.2) is 11.3 Å². The zero-order valence-corrected chi connectivity index (χ0v) is 10.2. The first-order chi connectivity index (χ1) is 7.79. The Hall–Kier alpha value is -1.03. The van der Waals surface area contributed by atoms with Crippen LogP contribution in [0.1, 0.15) is 32.1 Å². The van der Waals surface area contributed by atoms with Gasteiger partial charge in [0.1, 0.15) is 5.76 Å². The number of allylic oxidation sites excluding steroid dienone is 1. The second kappa shape index (κ2) is 7.28. The van der Waals surface area contributed by atoms with Crippen molar-refractivity contribution in [3.05, 3.63) is 11.3 Å². The van der Waals surface area contributed by atoms with Crippen molar-refractivity contribution >= 4 is 5.97 Å². The Morgan fingerprint density at radius 3 is 2.94 bits per heavy atom. The highest BCUT2D eigenvalue weighted by molar-refractivity contribution is 5.88. The van der Waals surface area contributed by atoms with Crippen LogP contribution in [0, 0.1) is 0 Å². The van der Waals surface area contributed by atoms with Crippen molar-refractivity contribution in [1.82, 2.24) is 5.32 Å². The highest BCUT2D eigenvalue weighted by atomic mass is 16.5. The van der Waals surface area contributed by atoms with Gasteiger partial charge in [-0.15, -0.1) is 0 Å². The van der Waals surface area contributed by atoms with Gasteiger partial charge in [-0.25, -0.2) is 4.79 Å². The summed E-state index contributed by atoms with van der Waals surface area (Å²) in [4.78, 5) is 11.6. The van der Waals surface area contributed by atoms with Crippen molar-refractivity contribution in [2.45, 2.75) is 32.1 Å². The van der Waals surface area contributed by atoms with Crippen LogP contribution in [-0.4, -0.2) is 33.3 Å². The lowest BCUT2D eigenvalue weighted by Crippen LogP contribution is -2.16. The van der Waals surface area contributed by atoms with Crippen LogP contribution in [0.5, 0.6) is 0 Å². The monoisotopic (exact) mass is 227 g/mol. The van der Waals surface area contributed by atoms with E-state index in [-0.39, 0.29) is 5.97 Å². The van der Waals surface area contributed by atoms with Gasteiger partial charge in [0.05, 0.1) is 19.3 Å². The average molecular weight is 227 g/mol. The molecule has 0 spiro atoms. The molecule has 92 valence electrons. The summed E-state index contributed by atoms with van der Waals surface area (Å²) in [6.07, 6.45) is 4.86. The molecule has 0 radical (unpaired) electrons. The predicted molar refractivity (Wildman–Crippen MR) is 62.0 cm³/mol. The summed E-state index contributed by atoms with van der Waals surface area (Å²) in [6, 6.07) is 0. The zero-order chi connectivity index (χ0) is 11.8. The van der Waals surface area contributed by atoms with Gasteiger partial charge in [0.2, 0.25) is 0 Å². The summed E-state index contributed by atoms with van der Waals surface area (Å²) in [5.41, 5.74) is 0.693. The molecule has 1 saturated heterocycles. The molecule has 0 atom stereocenters. The topological polar surface area (TPSA) is 47.6 Å². The molecule has 0 aromatic carbocycles. The van der Waals surface area contributed by atoms with Gasteiger partial charge in [-0.2, -0.15) is 0 Å². The second-order valence-corrected chi connectivity index (χ2v) is 3.91. The molecule has 0 bridgehead atoms. The molecular weight excluding hydrogens is 206 g/mol. The Balaban J connectivity index is 2.76. The van der Waals surface area contributed by atoms with E-state index in [2.05, 4.69) is 5.32 Å². The molecule has 4 nitrogen and oxygen atoms in total. The van der Waals surface area contributed by atoms with E-state index in [4.69, 9.17) is 9.47 Å². The maximum atomic E-state index is 11.6. The maximum absolute atomic E-state index is 11.6. The van der Waals surface area contributed by atoms with E-state index in [0.717, 1.165) is 38.2 Å². The van der Waals surface area contributed by atoms with E-state index in [0.29, 0.717) is 12.0 Å². The fraction of sp³-hybridized carbons (Fsp3) is 0.750. The molecule has 1 rings (SSSR count). The van der Waals surface area contributed by atoms with Crippen LogP contribution in [0.3, 0.4) is 0 Å². The summed E-state index contributed by atoms with van der Waals surface area (Å²) in [6.45, 7) is 1.48. The van der Waals surface area contributed by atoms with Gasteiger partial charge in [-0.05, 0) is 39.3 Å². The molecule has 0 unspecified atom stereocenters.